The molecular formula is C22H21NO. The lowest BCUT2D eigenvalue weighted by molar-refractivity contribution is 0.644. The normalized spacial score (nSPS) is 11.7. The highest BCUT2D eigenvalue weighted by Gasteiger charge is 2.13. The minimum atomic E-state index is 0.626. The van der Waals surface area contributed by atoms with E-state index < -0.39 is 0 Å². The number of rotatable bonds is 3. The number of fused-ring (bicyclic) bond motifs is 3. The van der Waals surface area contributed by atoms with Crippen molar-refractivity contribution in [1.82, 2.24) is 4.98 Å². The molecule has 0 radical (unpaired) electrons. The molecule has 0 spiro atoms. The molecule has 0 bridgehead atoms. The number of para-hydroxylation sites is 2. The van der Waals surface area contributed by atoms with Gasteiger partial charge in [0.25, 0.3) is 0 Å². The average Bonchev–Trinajstić information content (AvgIpc) is 2.95. The maximum absolute atomic E-state index is 6.15. The molecule has 4 aromatic rings. The van der Waals surface area contributed by atoms with Crippen LogP contribution in [0.15, 0.2) is 59.1 Å². The van der Waals surface area contributed by atoms with Gasteiger partial charge in [0, 0.05) is 22.5 Å². The number of hydrogen-bond donors (Lipinski definition) is 0. The van der Waals surface area contributed by atoms with Gasteiger partial charge in [-0.25, -0.2) is 0 Å². The fourth-order valence-electron chi connectivity index (χ4n) is 3.32. The number of hydrogen-bond acceptors (Lipinski definition) is 2. The van der Waals surface area contributed by atoms with Crippen molar-refractivity contribution in [3.8, 4) is 11.3 Å². The van der Waals surface area contributed by atoms with E-state index in [9.17, 15) is 0 Å². The minimum Gasteiger partial charge on any atom is -0.455 e. The number of furan rings is 1. The van der Waals surface area contributed by atoms with Gasteiger partial charge in [-0.3, -0.25) is 4.98 Å². The quantitative estimate of drug-likeness (QED) is 0.453. The van der Waals surface area contributed by atoms with Crippen molar-refractivity contribution in [3.63, 3.8) is 0 Å². The van der Waals surface area contributed by atoms with Crippen LogP contribution in [0.1, 0.15) is 25.0 Å². The van der Waals surface area contributed by atoms with Gasteiger partial charge in [0.1, 0.15) is 11.2 Å². The van der Waals surface area contributed by atoms with E-state index in [2.05, 4.69) is 62.2 Å². The Morgan fingerprint density at radius 2 is 1.79 bits per heavy atom. The largest absolute Gasteiger partial charge is 0.455 e. The maximum atomic E-state index is 6.15. The first-order valence-electron chi connectivity index (χ1n) is 8.49. The van der Waals surface area contributed by atoms with Gasteiger partial charge in [0.05, 0.1) is 5.69 Å². The molecule has 0 atom stereocenters. The van der Waals surface area contributed by atoms with Crippen molar-refractivity contribution in [2.24, 2.45) is 5.92 Å². The fraction of sp³-hybridized carbons (Fsp3) is 0.227. The molecule has 4 rings (SSSR count). The summed E-state index contributed by atoms with van der Waals surface area (Å²) in [7, 11) is 0. The molecule has 0 aliphatic rings. The molecule has 2 aromatic carbocycles. The zero-order chi connectivity index (χ0) is 16.7. The number of aryl methyl sites for hydroxylation is 1. The van der Waals surface area contributed by atoms with Gasteiger partial charge in [-0.2, -0.15) is 0 Å². The van der Waals surface area contributed by atoms with E-state index in [0.717, 1.165) is 39.6 Å². The summed E-state index contributed by atoms with van der Waals surface area (Å²) in [5.74, 6) is 0.626. The number of pyridine rings is 1. The Morgan fingerprint density at radius 3 is 2.62 bits per heavy atom. The Bertz CT molecular complexity index is 1030. The maximum Gasteiger partial charge on any atom is 0.144 e. The predicted octanol–water partition coefficient (Wildman–Crippen LogP) is 6.15. The molecule has 0 saturated carbocycles. The van der Waals surface area contributed by atoms with Crippen molar-refractivity contribution >= 4 is 21.9 Å². The van der Waals surface area contributed by atoms with Crippen LogP contribution < -0.4 is 0 Å². The van der Waals surface area contributed by atoms with Crippen LogP contribution in [0.5, 0.6) is 0 Å². The molecule has 0 amide bonds. The Balaban J connectivity index is 1.93. The summed E-state index contributed by atoms with van der Waals surface area (Å²) in [5.41, 5.74) is 6.52. The van der Waals surface area contributed by atoms with E-state index in [1.165, 1.54) is 11.1 Å². The minimum absolute atomic E-state index is 0.626. The lowest BCUT2D eigenvalue weighted by atomic mass is 9.97. The number of benzene rings is 2. The van der Waals surface area contributed by atoms with E-state index in [-0.39, 0.29) is 0 Å². The second-order valence-corrected chi connectivity index (χ2v) is 6.87. The summed E-state index contributed by atoms with van der Waals surface area (Å²) in [5, 5.41) is 2.31. The Hall–Kier alpha value is -2.61. The fourth-order valence-corrected chi connectivity index (χ4v) is 3.32. The summed E-state index contributed by atoms with van der Waals surface area (Å²) in [4.78, 5) is 4.68. The van der Waals surface area contributed by atoms with Gasteiger partial charge in [-0.05, 0) is 48.6 Å². The van der Waals surface area contributed by atoms with Crippen molar-refractivity contribution in [2.75, 3.05) is 0 Å². The van der Waals surface area contributed by atoms with Crippen LogP contribution >= 0.6 is 0 Å². The summed E-state index contributed by atoms with van der Waals surface area (Å²) in [6.45, 7) is 6.63. The molecule has 2 heterocycles. The molecule has 2 nitrogen and oxygen atoms in total. The van der Waals surface area contributed by atoms with Crippen molar-refractivity contribution < 1.29 is 4.42 Å². The summed E-state index contributed by atoms with van der Waals surface area (Å²) in [6.07, 6.45) is 3.05. The highest BCUT2D eigenvalue weighted by atomic mass is 16.3. The van der Waals surface area contributed by atoms with Crippen molar-refractivity contribution in [2.45, 2.75) is 27.2 Å². The second-order valence-electron chi connectivity index (χ2n) is 6.87. The molecule has 120 valence electrons. The summed E-state index contributed by atoms with van der Waals surface area (Å²) in [6, 6.07) is 16.7. The molecule has 0 saturated heterocycles. The lowest BCUT2D eigenvalue weighted by Gasteiger charge is -2.10. The van der Waals surface area contributed by atoms with Crippen LogP contribution in [-0.4, -0.2) is 4.98 Å². The van der Waals surface area contributed by atoms with Crippen LogP contribution in [-0.2, 0) is 6.42 Å². The monoisotopic (exact) mass is 315 g/mol. The van der Waals surface area contributed by atoms with E-state index in [1.807, 2.05) is 18.3 Å². The zero-order valence-corrected chi connectivity index (χ0v) is 14.3. The molecule has 0 unspecified atom stereocenters. The molecule has 0 N–H and O–H groups in total. The third-order valence-electron chi connectivity index (χ3n) is 4.52. The standard InChI is InChI=1S/C22H21NO/c1-14(2)11-16-12-20(23-13-15(16)3)19-9-6-8-18-17-7-4-5-10-21(17)24-22(18)19/h4-10,12-14H,11H2,1-3H3. The van der Waals surface area contributed by atoms with E-state index in [4.69, 9.17) is 4.42 Å². The summed E-state index contributed by atoms with van der Waals surface area (Å²) >= 11 is 0. The van der Waals surface area contributed by atoms with Gasteiger partial charge < -0.3 is 4.42 Å². The Morgan fingerprint density at radius 1 is 1.00 bits per heavy atom. The van der Waals surface area contributed by atoms with Crippen LogP contribution in [0.3, 0.4) is 0 Å². The highest BCUT2D eigenvalue weighted by molar-refractivity contribution is 6.09. The molecule has 0 aliphatic carbocycles. The van der Waals surface area contributed by atoms with Gasteiger partial charge in [-0.15, -0.1) is 0 Å². The van der Waals surface area contributed by atoms with Crippen LogP contribution in [0.4, 0.5) is 0 Å². The molecule has 2 heteroatoms. The third kappa shape index (κ3) is 2.48. The smallest absolute Gasteiger partial charge is 0.144 e. The van der Waals surface area contributed by atoms with E-state index >= 15 is 0 Å². The van der Waals surface area contributed by atoms with Gasteiger partial charge >= 0.3 is 0 Å². The van der Waals surface area contributed by atoms with Crippen LogP contribution in [0.25, 0.3) is 33.2 Å². The van der Waals surface area contributed by atoms with Crippen LogP contribution in [0.2, 0.25) is 0 Å². The second kappa shape index (κ2) is 5.79. The molecule has 0 fully saturated rings. The molecule has 0 aliphatic heterocycles. The van der Waals surface area contributed by atoms with Gasteiger partial charge in [-0.1, -0.05) is 44.2 Å². The van der Waals surface area contributed by atoms with E-state index in [0.29, 0.717) is 5.92 Å². The highest BCUT2D eigenvalue weighted by Crippen LogP contribution is 2.35. The lowest BCUT2D eigenvalue weighted by Crippen LogP contribution is -1.99. The third-order valence-corrected chi connectivity index (χ3v) is 4.52. The first-order chi connectivity index (χ1) is 11.6. The SMILES string of the molecule is Cc1cnc(-c2cccc3c2oc2ccccc23)cc1CC(C)C. The predicted molar refractivity (Wildman–Crippen MR) is 100 cm³/mol. The van der Waals surface area contributed by atoms with Crippen LogP contribution in [0, 0.1) is 12.8 Å². The topological polar surface area (TPSA) is 26.0 Å². The molecule has 24 heavy (non-hydrogen) atoms. The number of aromatic nitrogens is 1. The van der Waals surface area contributed by atoms with Crippen molar-refractivity contribution in [1.29, 1.82) is 0 Å². The molecular weight excluding hydrogens is 294 g/mol. The average molecular weight is 315 g/mol. The molecule has 2 aromatic heterocycles. The first-order valence-corrected chi connectivity index (χ1v) is 8.49. The number of nitrogens with zero attached hydrogens (tertiary/aromatic N) is 1. The zero-order valence-electron chi connectivity index (χ0n) is 14.3. The first kappa shape index (κ1) is 14.9. The van der Waals surface area contributed by atoms with Gasteiger partial charge in [0.2, 0.25) is 0 Å². The Kier molecular flexibility index (Phi) is 3.61. The van der Waals surface area contributed by atoms with Gasteiger partial charge in [0.15, 0.2) is 0 Å². The van der Waals surface area contributed by atoms with E-state index in [1.54, 1.807) is 0 Å². The Labute approximate surface area is 142 Å². The summed E-state index contributed by atoms with van der Waals surface area (Å²) < 4.78 is 6.15. The van der Waals surface area contributed by atoms with Crippen molar-refractivity contribution in [3.05, 3.63) is 65.9 Å².